The number of allylic oxidation sites excluding steroid dienone is 1. The quantitative estimate of drug-likeness (QED) is 0.278. The maximum absolute atomic E-state index is 13.0. The molecule has 0 radical (unpaired) electrons. The lowest BCUT2D eigenvalue weighted by atomic mass is 9.96. The molecule has 3 aromatic carbocycles. The molecule has 0 bridgehead atoms. The van der Waals surface area contributed by atoms with E-state index < -0.39 is 0 Å². The number of benzene rings is 3. The van der Waals surface area contributed by atoms with Crippen LogP contribution >= 0.6 is 0 Å². The maximum Gasteiger partial charge on any atom is 0.248 e. The van der Waals surface area contributed by atoms with Gasteiger partial charge in [0.1, 0.15) is 11.3 Å². The van der Waals surface area contributed by atoms with Gasteiger partial charge in [-0.2, -0.15) is 0 Å². The second-order valence-electron chi connectivity index (χ2n) is 8.67. The number of furan rings is 1. The summed E-state index contributed by atoms with van der Waals surface area (Å²) in [5.74, 6) is 0.475. The molecular formula is C30H26N2O3. The molecule has 0 aliphatic carbocycles. The number of fused-ring (bicyclic) bond motifs is 2. The fourth-order valence-corrected chi connectivity index (χ4v) is 4.48. The summed E-state index contributed by atoms with van der Waals surface area (Å²) in [6.45, 7) is 5.96. The standard InChI is InChI=1S/C30H26N2O3/c1-18-10-12-21(13-11-18)25-17-35-30-20(3)29(34-4)23(16-24(25)30)19(2)15-28(33)32-27-9-5-8-26-22(27)7-6-14-31-26/h5-17H,1-4H3,(H,32,33)/b19-15+. The van der Waals surface area contributed by atoms with Crippen LogP contribution in [0.1, 0.15) is 23.6 Å². The highest BCUT2D eigenvalue weighted by atomic mass is 16.5. The smallest absolute Gasteiger partial charge is 0.248 e. The SMILES string of the molecule is COc1c(/C(C)=C/C(=O)Nc2cccc3ncccc23)cc2c(-c3ccc(C)cc3)coc2c1C. The van der Waals surface area contributed by atoms with Crippen LogP contribution in [0.2, 0.25) is 0 Å². The van der Waals surface area contributed by atoms with E-state index in [9.17, 15) is 4.79 Å². The highest BCUT2D eigenvalue weighted by molar-refractivity contribution is 6.09. The van der Waals surface area contributed by atoms with Crippen LogP contribution in [0.25, 0.3) is 38.6 Å². The van der Waals surface area contributed by atoms with Gasteiger partial charge in [-0.25, -0.2) is 0 Å². The van der Waals surface area contributed by atoms with Crippen molar-refractivity contribution in [2.75, 3.05) is 12.4 Å². The Hall–Kier alpha value is -4.38. The van der Waals surface area contributed by atoms with Crippen molar-refractivity contribution < 1.29 is 13.9 Å². The zero-order valence-electron chi connectivity index (χ0n) is 20.2. The summed E-state index contributed by atoms with van der Waals surface area (Å²) >= 11 is 0. The number of nitrogens with zero attached hydrogens (tertiary/aromatic N) is 1. The van der Waals surface area contributed by atoms with Crippen LogP contribution in [0.4, 0.5) is 5.69 Å². The highest BCUT2D eigenvalue weighted by Gasteiger charge is 2.19. The van der Waals surface area contributed by atoms with Crippen molar-refractivity contribution in [1.29, 1.82) is 0 Å². The number of aryl methyl sites for hydroxylation is 2. The monoisotopic (exact) mass is 462 g/mol. The normalized spacial score (nSPS) is 11.7. The molecule has 174 valence electrons. The zero-order chi connectivity index (χ0) is 24.5. The first-order valence-electron chi connectivity index (χ1n) is 11.5. The lowest BCUT2D eigenvalue weighted by molar-refractivity contribution is -0.111. The summed E-state index contributed by atoms with van der Waals surface area (Å²) in [6, 6.07) is 19.9. The Morgan fingerprint density at radius 2 is 1.83 bits per heavy atom. The summed E-state index contributed by atoms with van der Waals surface area (Å²) in [7, 11) is 1.64. The maximum atomic E-state index is 13.0. The molecule has 1 amide bonds. The van der Waals surface area contributed by atoms with E-state index in [0.717, 1.165) is 55.4 Å². The van der Waals surface area contributed by atoms with E-state index in [4.69, 9.17) is 9.15 Å². The van der Waals surface area contributed by atoms with Crippen LogP contribution in [0.5, 0.6) is 5.75 Å². The molecule has 0 fully saturated rings. The minimum Gasteiger partial charge on any atom is -0.496 e. The van der Waals surface area contributed by atoms with E-state index in [1.807, 2.05) is 50.2 Å². The zero-order valence-corrected chi connectivity index (χ0v) is 20.2. The van der Waals surface area contributed by atoms with Gasteiger partial charge in [-0.15, -0.1) is 0 Å². The summed E-state index contributed by atoms with van der Waals surface area (Å²) < 4.78 is 11.7. The van der Waals surface area contributed by atoms with Crippen LogP contribution in [0, 0.1) is 13.8 Å². The molecular weight excluding hydrogens is 436 g/mol. The van der Waals surface area contributed by atoms with Crippen molar-refractivity contribution in [3.8, 4) is 16.9 Å². The Bertz CT molecular complexity index is 1590. The molecule has 1 N–H and O–H groups in total. The van der Waals surface area contributed by atoms with Crippen molar-refractivity contribution in [2.24, 2.45) is 0 Å². The summed E-state index contributed by atoms with van der Waals surface area (Å²) in [4.78, 5) is 17.4. The molecule has 5 rings (SSSR count). The van der Waals surface area contributed by atoms with E-state index in [1.165, 1.54) is 5.56 Å². The Balaban J connectivity index is 1.55. The number of rotatable bonds is 5. The van der Waals surface area contributed by atoms with Crippen LogP contribution in [-0.4, -0.2) is 18.0 Å². The van der Waals surface area contributed by atoms with Gasteiger partial charge in [-0.1, -0.05) is 35.9 Å². The van der Waals surface area contributed by atoms with E-state index in [-0.39, 0.29) is 5.91 Å². The van der Waals surface area contributed by atoms with Gasteiger partial charge in [-0.05, 0) is 62.2 Å². The molecule has 0 saturated heterocycles. The largest absolute Gasteiger partial charge is 0.496 e. The van der Waals surface area contributed by atoms with Gasteiger partial charge in [0.25, 0.3) is 0 Å². The van der Waals surface area contributed by atoms with Crippen molar-refractivity contribution >= 4 is 39.0 Å². The number of ether oxygens (including phenoxy) is 1. The number of pyridine rings is 1. The first-order valence-corrected chi connectivity index (χ1v) is 11.5. The number of hydrogen-bond donors (Lipinski definition) is 1. The van der Waals surface area contributed by atoms with Crippen LogP contribution < -0.4 is 10.1 Å². The first kappa shape index (κ1) is 22.4. The summed E-state index contributed by atoms with van der Waals surface area (Å²) in [5, 5.41) is 4.87. The summed E-state index contributed by atoms with van der Waals surface area (Å²) in [6.07, 6.45) is 5.12. The molecule has 0 saturated carbocycles. The fourth-order valence-electron chi connectivity index (χ4n) is 4.48. The number of aromatic nitrogens is 1. The van der Waals surface area contributed by atoms with Crippen molar-refractivity contribution in [2.45, 2.75) is 20.8 Å². The number of carbonyl (C=O) groups excluding carboxylic acids is 1. The van der Waals surface area contributed by atoms with Crippen LogP contribution in [0.3, 0.4) is 0 Å². The Labute approximate surface area is 204 Å². The van der Waals surface area contributed by atoms with E-state index in [2.05, 4.69) is 41.5 Å². The molecule has 35 heavy (non-hydrogen) atoms. The molecule has 0 aliphatic heterocycles. The van der Waals surface area contributed by atoms with Gasteiger partial charge < -0.3 is 14.5 Å². The Kier molecular flexibility index (Phi) is 5.83. The van der Waals surface area contributed by atoms with Crippen molar-refractivity contribution in [3.05, 3.63) is 95.9 Å². The van der Waals surface area contributed by atoms with Crippen LogP contribution in [-0.2, 0) is 4.79 Å². The molecule has 0 unspecified atom stereocenters. The third-order valence-electron chi connectivity index (χ3n) is 6.29. The predicted octanol–water partition coefficient (Wildman–Crippen LogP) is 7.32. The second kappa shape index (κ2) is 9.11. The number of anilines is 1. The highest BCUT2D eigenvalue weighted by Crippen LogP contribution is 2.40. The molecule has 0 atom stereocenters. The number of nitrogens with one attached hydrogen (secondary N) is 1. The van der Waals surface area contributed by atoms with E-state index in [0.29, 0.717) is 5.75 Å². The fraction of sp³-hybridized carbons (Fsp3) is 0.133. The minimum absolute atomic E-state index is 0.218. The third-order valence-corrected chi connectivity index (χ3v) is 6.29. The topological polar surface area (TPSA) is 64.4 Å². The van der Waals surface area contributed by atoms with Crippen molar-refractivity contribution in [3.63, 3.8) is 0 Å². The molecule has 5 aromatic rings. The molecule has 5 heteroatoms. The molecule has 2 heterocycles. The second-order valence-corrected chi connectivity index (χ2v) is 8.67. The predicted molar refractivity (Wildman–Crippen MR) is 142 cm³/mol. The lowest BCUT2D eigenvalue weighted by Crippen LogP contribution is -2.09. The molecule has 0 aliphatic rings. The molecule has 5 nitrogen and oxygen atoms in total. The van der Waals surface area contributed by atoms with Crippen molar-refractivity contribution in [1.82, 2.24) is 4.98 Å². The van der Waals surface area contributed by atoms with Gasteiger partial charge in [0.05, 0.1) is 24.6 Å². The van der Waals surface area contributed by atoms with Gasteiger partial charge in [0.15, 0.2) is 0 Å². The average molecular weight is 463 g/mol. The third kappa shape index (κ3) is 4.17. The Morgan fingerprint density at radius 3 is 2.60 bits per heavy atom. The molecule has 0 spiro atoms. The lowest BCUT2D eigenvalue weighted by Gasteiger charge is -2.13. The van der Waals surface area contributed by atoms with E-state index in [1.54, 1.807) is 25.6 Å². The number of methoxy groups -OCH3 is 1. The number of amides is 1. The van der Waals surface area contributed by atoms with Gasteiger partial charge in [0, 0.05) is 39.7 Å². The first-order chi connectivity index (χ1) is 17.0. The average Bonchev–Trinajstić information content (AvgIpc) is 3.29. The number of hydrogen-bond acceptors (Lipinski definition) is 4. The van der Waals surface area contributed by atoms with Crippen LogP contribution in [0.15, 0.2) is 83.6 Å². The minimum atomic E-state index is -0.218. The van der Waals surface area contributed by atoms with Gasteiger partial charge >= 0.3 is 0 Å². The summed E-state index contributed by atoms with van der Waals surface area (Å²) in [5.41, 5.74) is 8.15. The number of carbonyl (C=O) groups is 1. The molecule has 2 aromatic heterocycles. The van der Waals surface area contributed by atoms with Gasteiger partial charge in [0.2, 0.25) is 5.91 Å². The van der Waals surface area contributed by atoms with E-state index >= 15 is 0 Å². The Morgan fingerprint density at radius 1 is 1.03 bits per heavy atom. The van der Waals surface area contributed by atoms with Gasteiger partial charge in [-0.3, -0.25) is 9.78 Å².